The molecule has 1 aliphatic heterocycles. The maximum absolute atomic E-state index is 13.4. The Bertz CT molecular complexity index is 432. The molecule has 1 heterocycles. The highest BCUT2D eigenvalue weighted by molar-refractivity contribution is 5.57. The van der Waals surface area contributed by atoms with Gasteiger partial charge in [-0.05, 0) is 44.5 Å². The summed E-state index contributed by atoms with van der Waals surface area (Å²) in [5, 5.41) is 0. The maximum Gasteiger partial charge on any atom is 0.123 e. The van der Waals surface area contributed by atoms with Gasteiger partial charge in [0.1, 0.15) is 5.82 Å². The highest BCUT2D eigenvalue weighted by atomic mass is 19.1. The van der Waals surface area contributed by atoms with E-state index in [1.54, 1.807) is 0 Å². The molecule has 1 aromatic rings. The van der Waals surface area contributed by atoms with Crippen LogP contribution in [0.5, 0.6) is 0 Å². The van der Waals surface area contributed by atoms with Crippen molar-refractivity contribution >= 4 is 5.69 Å². The molecular weight excluding hydrogens is 231 g/mol. The fourth-order valence-corrected chi connectivity index (χ4v) is 2.44. The Hall–Kier alpha value is -1.13. The minimum absolute atomic E-state index is 0.0975. The van der Waals surface area contributed by atoms with Crippen molar-refractivity contribution < 1.29 is 9.13 Å². The van der Waals surface area contributed by atoms with Crippen molar-refractivity contribution in [3.63, 3.8) is 0 Å². The van der Waals surface area contributed by atoms with Crippen LogP contribution in [0.4, 0.5) is 10.1 Å². The Morgan fingerprint density at radius 3 is 2.78 bits per heavy atom. The van der Waals surface area contributed by atoms with Crippen LogP contribution in [0.15, 0.2) is 18.2 Å². The van der Waals surface area contributed by atoms with Crippen LogP contribution in [-0.2, 0) is 4.74 Å². The summed E-state index contributed by atoms with van der Waals surface area (Å²) in [4.78, 5) is 2.26. The average Bonchev–Trinajstić information content (AvgIpc) is 2.29. The third-order valence-electron chi connectivity index (χ3n) is 3.42. The molecule has 2 rings (SSSR count). The van der Waals surface area contributed by atoms with Crippen molar-refractivity contribution in [2.24, 2.45) is 5.73 Å². The van der Waals surface area contributed by atoms with E-state index in [1.807, 2.05) is 13.0 Å². The lowest BCUT2D eigenvalue weighted by atomic mass is 9.97. The number of rotatable bonds is 2. The molecule has 0 unspecified atom stereocenters. The normalized spacial score (nSPS) is 20.8. The number of benzene rings is 1. The molecule has 1 fully saturated rings. The van der Waals surface area contributed by atoms with Crippen LogP contribution in [0.2, 0.25) is 0 Å². The zero-order valence-electron chi connectivity index (χ0n) is 11.2. The number of anilines is 1. The first-order chi connectivity index (χ1) is 8.42. The van der Waals surface area contributed by atoms with E-state index < -0.39 is 0 Å². The van der Waals surface area contributed by atoms with E-state index in [4.69, 9.17) is 10.5 Å². The van der Waals surface area contributed by atoms with Crippen molar-refractivity contribution in [3.8, 4) is 0 Å². The molecule has 100 valence electrons. The zero-order chi connectivity index (χ0) is 13.3. The molecule has 0 spiro atoms. The molecule has 1 aromatic carbocycles. The fraction of sp³-hybridized carbons (Fsp3) is 0.571. The molecule has 0 aliphatic carbocycles. The van der Waals surface area contributed by atoms with Crippen LogP contribution in [0.1, 0.15) is 32.4 Å². The Labute approximate surface area is 108 Å². The lowest BCUT2D eigenvalue weighted by Gasteiger charge is -2.45. The van der Waals surface area contributed by atoms with Crippen molar-refractivity contribution in [2.75, 3.05) is 24.7 Å². The number of hydrogen-bond donors (Lipinski definition) is 1. The Balaban J connectivity index is 2.43. The first-order valence-corrected chi connectivity index (χ1v) is 6.32. The quantitative estimate of drug-likeness (QED) is 0.878. The van der Waals surface area contributed by atoms with Crippen LogP contribution in [0.25, 0.3) is 0 Å². The van der Waals surface area contributed by atoms with Gasteiger partial charge in [0.25, 0.3) is 0 Å². The monoisotopic (exact) mass is 252 g/mol. The molecule has 1 saturated heterocycles. The molecule has 0 saturated carbocycles. The fourth-order valence-electron chi connectivity index (χ4n) is 2.44. The van der Waals surface area contributed by atoms with E-state index in [0.717, 1.165) is 17.8 Å². The largest absolute Gasteiger partial charge is 0.377 e. The number of halogens is 1. The van der Waals surface area contributed by atoms with Gasteiger partial charge in [-0.15, -0.1) is 0 Å². The zero-order valence-corrected chi connectivity index (χ0v) is 11.2. The molecule has 0 radical (unpaired) electrons. The average molecular weight is 252 g/mol. The van der Waals surface area contributed by atoms with E-state index in [1.165, 1.54) is 12.1 Å². The number of nitrogens with zero attached hydrogens (tertiary/aromatic N) is 1. The van der Waals surface area contributed by atoms with Gasteiger partial charge < -0.3 is 15.4 Å². The summed E-state index contributed by atoms with van der Waals surface area (Å²) in [6.07, 6.45) is 0. The van der Waals surface area contributed by atoms with Gasteiger partial charge in [0.05, 0.1) is 18.8 Å². The summed E-state index contributed by atoms with van der Waals surface area (Å²) in [5.41, 5.74) is 7.72. The Morgan fingerprint density at radius 2 is 2.17 bits per heavy atom. The van der Waals surface area contributed by atoms with E-state index in [-0.39, 0.29) is 17.4 Å². The molecule has 2 N–H and O–H groups in total. The molecule has 0 amide bonds. The lowest BCUT2D eigenvalue weighted by Crippen LogP contribution is -2.53. The predicted octanol–water partition coefficient (Wildman–Crippen LogP) is 2.46. The van der Waals surface area contributed by atoms with Gasteiger partial charge in [-0.1, -0.05) is 0 Å². The van der Waals surface area contributed by atoms with Gasteiger partial charge in [0.2, 0.25) is 0 Å². The van der Waals surface area contributed by atoms with Crippen molar-refractivity contribution in [1.29, 1.82) is 0 Å². The third-order valence-corrected chi connectivity index (χ3v) is 3.42. The summed E-state index contributed by atoms with van der Waals surface area (Å²) in [5.74, 6) is -0.239. The molecule has 18 heavy (non-hydrogen) atoms. The molecule has 1 atom stereocenters. The van der Waals surface area contributed by atoms with Crippen LogP contribution in [0, 0.1) is 5.82 Å². The second-order valence-electron chi connectivity index (χ2n) is 5.51. The molecule has 1 aliphatic rings. The Kier molecular flexibility index (Phi) is 3.59. The minimum atomic E-state index is -0.239. The molecular formula is C14H21FN2O. The molecule has 0 aromatic heterocycles. The van der Waals surface area contributed by atoms with E-state index >= 15 is 0 Å². The lowest BCUT2D eigenvalue weighted by molar-refractivity contribution is 0.0642. The first-order valence-electron chi connectivity index (χ1n) is 6.32. The number of morpholine rings is 1. The van der Waals surface area contributed by atoms with Gasteiger partial charge in [-0.3, -0.25) is 0 Å². The van der Waals surface area contributed by atoms with E-state index in [9.17, 15) is 4.39 Å². The molecule has 3 nitrogen and oxygen atoms in total. The van der Waals surface area contributed by atoms with Gasteiger partial charge in [-0.25, -0.2) is 4.39 Å². The number of hydrogen-bond acceptors (Lipinski definition) is 3. The SMILES string of the molecule is C[C@H](N)c1cc(F)ccc1N1CCOCC1(C)C. The number of ether oxygens (including phenoxy) is 1. The minimum Gasteiger partial charge on any atom is -0.377 e. The summed E-state index contributed by atoms with van der Waals surface area (Å²) < 4.78 is 18.9. The maximum atomic E-state index is 13.4. The first kappa shape index (κ1) is 13.3. The predicted molar refractivity (Wildman–Crippen MR) is 71.2 cm³/mol. The number of nitrogens with two attached hydrogens (primary N) is 1. The van der Waals surface area contributed by atoms with Crippen molar-refractivity contribution in [1.82, 2.24) is 0 Å². The van der Waals surface area contributed by atoms with E-state index in [2.05, 4.69) is 18.7 Å². The Morgan fingerprint density at radius 1 is 1.44 bits per heavy atom. The van der Waals surface area contributed by atoms with Crippen LogP contribution in [-0.4, -0.2) is 25.3 Å². The third kappa shape index (κ3) is 2.49. The van der Waals surface area contributed by atoms with Crippen molar-refractivity contribution in [3.05, 3.63) is 29.6 Å². The second-order valence-corrected chi connectivity index (χ2v) is 5.51. The van der Waals surface area contributed by atoms with E-state index in [0.29, 0.717) is 13.2 Å². The van der Waals surface area contributed by atoms with Crippen LogP contribution in [0.3, 0.4) is 0 Å². The summed E-state index contributed by atoms with van der Waals surface area (Å²) in [7, 11) is 0. The van der Waals surface area contributed by atoms with Gasteiger partial charge >= 0.3 is 0 Å². The standard InChI is InChI=1S/C14H21FN2O/c1-10(16)12-8-11(15)4-5-13(12)17-6-7-18-9-14(17,2)3/h4-5,8,10H,6-7,9,16H2,1-3H3/t10-/m0/s1. The smallest absolute Gasteiger partial charge is 0.123 e. The molecule has 0 bridgehead atoms. The van der Waals surface area contributed by atoms with Gasteiger partial charge in [0, 0.05) is 18.3 Å². The van der Waals surface area contributed by atoms with Crippen LogP contribution >= 0.6 is 0 Å². The van der Waals surface area contributed by atoms with Crippen LogP contribution < -0.4 is 10.6 Å². The summed E-state index contributed by atoms with van der Waals surface area (Å²) >= 11 is 0. The van der Waals surface area contributed by atoms with Crippen molar-refractivity contribution in [2.45, 2.75) is 32.4 Å². The summed E-state index contributed by atoms with van der Waals surface area (Å²) in [6.45, 7) is 8.30. The summed E-state index contributed by atoms with van der Waals surface area (Å²) in [6, 6.07) is 4.66. The highest BCUT2D eigenvalue weighted by Gasteiger charge is 2.32. The highest BCUT2D eigenvalue weighted by Crippen LogP contribution is 2.32. The topological polar surface area (TPSA) is 38.5 Å². The second kappa shape index (κ2) is 4.86. The molecule has 4 heteroatoms. The van der Waals surface area contributed by atoms with Gasteiger partial charge in [-0.2, -0.15) is 0 Å². The van der Waals surface area contributed by atoms with Gasteiger partial charge in [0.15, 0.2) is 0 Å².